The number of hydrogen-bond acceptors (Lipinski definition) is 3. The number of benzene rings is 1. The molecule has 0 spiro atoms. The second-order valence-corrected chi connectivity index (χ2v) is 5.28. The average molecular weight is 288 g/mol. The SMILES string of the molecule is Cc1ccc(C#CCO)c(C(=O)NCCCCN(C)C)c1. The molecule has 0 radical (unpaired) electrons. The van der Waals surface area contributed by atoms with Crippen molar-refractivity contribution in [2.24, 2.45) is 0 Å². The van der Waals surface area contributed by atoms with Gasteiger partial charge in [-0.1, -0.05) is 23.5 Å². The standard InChI is InChI=1S/C17H24N2O2/c1-14-8-9-15(7-6-12-20)16(13-14)17(21)18-10-4-5-11-19(2)3/h8-9,13,20H,4-5,10-12H2,1-3H3,(H,18,21). The molecular formula is C17H24N2O2. The molecule has 2 N–H and O–H groups in total. The third-order valence-electron chi connectivity index (χ3n) is 3.04. The van der Waals surface area contributed by atoms with E-state index < -0.39 is 0 Å². The number of amides is 1. The molecule has 0 bridgehead atoms. The van der Waals surface area contributed by atoms with E-state index in [-0.39, 0.29) is 12.5 Å². The molecule has 0 saturated heterocycles. The highest BCUT2D eigenvalue weighted by atomic mass is 16.2. The van der Waals surface area contributed by atoms with Crippen LogP contribution in [0.2, 0.25) is 0 Å². The zero-order valence-corrected chi connectivity index (χ0v) is 13.1. The highest BCUT2D eigenvalue weighted by Gasteiger charge is 2.09. The predicted octanol–water partition coefficient (Wildman–Crippen LogP) is 1.41. The van der Waals surface area contributed by atoms with Gasteiger partial charge in [-0.3, -0.25) is 4.79 Å². The summed E-state index contributed by atoms with van der Waals surface area (Å²) in [5.41, 5.74) is 2.24. The normalized spacial score (nSPS) is 10.1. The largest absolute Gasteiger partial charge is 0.384 e. The molecule has 0 aliphatic carbocycles. The first kappa shape index (κ1) is 17.2. The molecule has 0 heterocycles. The van der Waals surface area contributed by atoms with Crippen molar-refractivity contribution in [3.63, 3.8) is 0 Å². The number of aliphatic hydroxyl groups is 1. The fourth-order valence-corrected chi connectivity index (χ4v) is 1.94. The molecule has 0 unspecified atom stereocenters. The van der Waals surface area contributed by atoms with Crippen LogP contribution in [0, 0.1) is 18.8 Å². The van der Waals surface area contributed by atoms with Crippen LogP contribution in [0.3, 0.4) is 0 Å². The third kappa shape index (κ3) is 6.44. The molecule has 114 valence electrons. The minimum absolute atomic E-state index is 0.106. The summed E-state index contributed by atoms with van der Waals surface area (Å²) in [6.07, 6.45) is 2.01. The molecule has 0 saturated carbocycles. The Balaban J connectivity index is 2.62. The Kier molecular flexibility index (Phi) is 7.52. The van der Waals surface area contributed by atoms with Crippen LogP contribution in [0.15, 0.2) is 18.2 Å². The van der Waals surface area contributed by atoms with Crippen LogP contribution in [0.5, 0.6) is 0 Å². The number of aliphatic hydroxyl groups excluding tert-OH is 1. The molecule has 0 atom stereocenters. The summed E-state index contributed by atoms with van der Waals surface area (Å²) in [4.78, 5) is 14.4. The summed E-state index contributed by atoms with van der Waals surface area (Å²) < 4.78 is 0. The monoisotopic (exact) mass is 288 g/mol. The maximum Gasteiger partial charge on any atom is 0.252 e. The molecule has 0 aliphatic heterocycles. The average Bonchev–Trinajstić information content (AvgIpc) is 2.45. The van der Waals surface area contributed by atoms with E-state index in [0.29, 0.717) is 17.7 Å². The van der Waals surface area contributed by atoms with Gasteiger partial charge >= 0.3 is 0 Å². The van der Waals surface area contributed by atoms with Gasteiger partial charge in [-0.05, 0) is 52.5 Å². The zero-order chi connectivity index (χ0) is 15.7. The van der Waals surface area contributed by atoms with E-state index in [1.165, 1.54) is 0 Å². The lowest BCUT2D eigenvalue weighted by molar-refractivity contribution is 0.0952. The molecule has 1 aromatic carbocycles. The lowest BCUT2D eigenvalue weighted by atomic mass is 10.0. The first-order valence-electron chi connectivity index (χ1n) is 7.18. The molecule has 21 heavy (non-hydrogen) atoms. The summed E-state index contributed by atoms with van der Waals surface area (Å²) in [7, 11) is 4.08. The van der Waals surface area contributed by atoms with Crippen LogP contribution in [0.1, 0.15) is 34.3 Å². The smallest absolute Gasteiger partial charge is 0.252 e. The molecule has 1 rings (SSSR count). The quantitative estimate of drug-likeness (QED) is 0.615. The van der Waals surface area contributed by atoms with Crippen molar-refractivity contribution in [3.05, 3.63) is 34.9 Å². The van der Waals surface area contributed by atoms with Crippen molar-refractivity contribution in [1.29, 1.82) is 0 Å². The number of hydrogen-bond donors (Lipinski definition) is 2. The zero-order valence-electron chi connectivity index (χ0n) is 13.1. The number of rotatable bonds is 6. The molecule has 1 aromatic rings. The third-order valence-corrected chi connectivity index (χ3v) is 3.04. The molecule has 4 nitrogen and oxygen atoms in total. The predicted molar refractivity (Wildman–Crippen MR) is 85.3 cm³/mol. The fraction of sp³-hybridized carbons (Fsp3) is 0.471. The molecular weight excluding hydrogens is 264 g/mol. The Morgan fingerprint density at radius 1 is 1.33 bits per heavy atom. The maximum absolute atomic E-state index is 12.2. The van der Waals surface area contributed by atoms with Gasteiger partial charge in [0.2, 0.25) is 0 Å². The van der Waals surface area contributed by atoms with Gasteiger partial charge in [0.1, 0.15) is 6.61 Å². The maximum atomic E-state index is 12.2. The van der Waals surface area contributed by atoms with Crippen molar-refractivity contribution >= 4 is 5.91 Å². The van der Waals surface area contributed by atoms with Gasteiger partial charge in [0, 0.05) is 12.1 Å². The highest BCUT2D eigenvalue weighted by molar-refractivity contribution is 5.96. The van der Waals surface area contributed by atoms with E-state index >= 15 is 0 Å². The Morgan fingerprint density at radius 2 is 2.10 bits per heavy atom. The number of unbranched alkanes of at least 4 members (excludes halogenated alkanes) is 1. The van der Waals surface area contributed by atoms with E-state index in [2.05, 4.69) is 22.1 Å². The molecule has 1 amide bonds. The van der Waals surface area contributed by atoms with Crippen LogP contribution in [0.4, 0.5) is 0 Å². The second kappa shape index (κ2) is 9.17. The van der Waals surface area contributed by atoms with Crippen LogP contribution in [0.25, 0.3) is 0 Å². The van der Waals surface area contributed by atoms with Crippen molar-refractivity contribution in [1.82, 2.24) is 10.2 Å². The van der Waals surface area contributed by atoms with Gasteiger partial charge < -0.3 is 15.3 Å². The second-order valence-electron chi connectivity index (χ2n) is 5.28. The summed E-state index contributed by atoms with van der Waals surface area (Å²) in [6, 6.07) is 5.56. The van der Waals surface area contributed by atoms with Crippen molar-refractivity contribution < 1.29 is 9.90 Å². The van der Waals surface area contributed by atoms with Gasteiger partial charge in [0.05, 0.1) is 5.56 Å². The lowest BCUT2D eigenvalue weighted by Gasteiger charge is -2.10. The minimum atomic E-state index is -0.209. The first-order valence-corrected chi connectivity index (χ1v) is 7.18. The summed E-state index contributed by atoms with van der Waals surface area (Å²) in [6.45, 7) is 3.41. The van der Waals surface area contributed by atoms with E-state index in [0.717, 1.165) is 24.9 Å². The molecule has 0 aromatic heterocycles. The Labute approximate surface area is 127 Å². The van der Waals surface area contributed by atoms with Gasteiger partial charge in [0.15, 0.2) is 0 Å². The Morgan fingerprint density at radius 3 is 2.76 bits per heavy atom. The summed E-state index contributed by atoms with van der Waals surface area (Å²) >= 11 is 0. The highest BCUT2D eigenvalue weighted by Crippen LogP contribution is 2.11. The van der Waals surface area contributed by atoms with Gasteiger partial charge in [-0.2, -0.15) is 0 Å². The van der Waals surface area contributed by atoms with Gasteiger partial charge in [0.25, 0.3) is 5.91 Å². The van der Waals surface area contributed by atoms with E-state index in [9.17, 15) is 4.79 Å². The summed E-state index contributed by atoms with van der Waals surface area (Å²) in [5.74, 6) is 5.30. The number of nitrogens with one attached hydrogen (secondary N) is 1. The van der Waals surface area contributed by atoms with Crippen molar-refractivity contribution in [2.45, 2.75) is 19.8 Å². The topological polar surface area (TPSA) is 52.6 Å². The van der Waals surface area contributed by atoms with E-state index in [1.54, 1.807) is 0 Å². The van der Waals surface area contributed by atoms with Crippen LogP contribution in [-0.2, 0) is 0 Å². The van der Waals surface area contributed by atoms with Crippen molar-refractivity contribution in [2.75, 3.05) is 33.8 Å². The van der Waals surface area contributed by atoms with Crippen molar-refractivity contribution in [3.8, 4) is 11.8 Å². The summed E-state index contributed by atoms with van der Waals surface area (Å²) in [5, 5.41) is 11.7. The number of carbonyl (C=O) groups excluding carboxylic acids is 1. The number of nitrogens with zero attached hydrogens (tertiary/aromatic N) is 1. The van der Waals surface area contributed by atoms with Gasteiger partial charge in [-0.15, -0.1) is 0 Å². The minimum Gasteiger partial charge on any atom is -0.384 e. The van der Waals surface area contributed by atoms with Gasteiger partial charge in [-0.25, -0.2) is 0 Å². The number of aryl methyl sites for hydroxylation is 1. The lowest BCUT2D eigenvalue weighted by Crippen LogP contribution is -2.26. The Hall–Kier alpha value is -1.83. The van der Waals surface area contributed by atoms with Crippen LogP contribution >= 0.6 is 0 Å². The van der Waals surface area contributed by atoms with Crippen LogP contribution in [-0.4, -0.2) is 49.7 Å². The first-order chi connectivity index (χ1) is 10.0. The molecule has 0 aliphatic rings. The fourth-order valence-electron chi connectivity index (χ4n) is 1.94. The number of carbonyl (C=O) groups is 1. The van der Waals surface area contributed by atoms with Crippen LogP contribution < -0.4 is 5.32 Å². The molecule has 4 heteroatoms. The van der Waals surface area contributed by atoms with E-state index in [1.807, 2.05) is 39.2 Å². The molecule has 0 fully saturated rings. The Bertz CT molecular complexity index is 527. The van der Waals surface area contributed by atoms with E-state index in [4.69, 9.17) is 5.11 Å².